The lowest BCUT2D eigenvalue weighted by molar-refractivity contribution is -0.274. The minimum absolute atomic E-state index is 0.287. The first-order valence-corrected chi connectivity index (χ1v) is 6.87. The first-order chi connectivity index (χ1) is 10.9. The third-order valence-corrected chi connectivity index (χ3v) is 3.23. The van der Waals surface area contributed by atoms with E-state index in [-0.39, 0.29) is 11.6 Å². The molecule has 0 unspecified atom stereocenters. The molecular weight excluding hydrogens is 331 g/mol. The number of pyridine rings is 1. The maximum Gasteiger partial charge on any atom is 0.573 e. The Morgan fingerprint density at radius 1 is 0.870 bits per heavy atom. The third kappa shape index (κ3) is 3.84. The number of rotatable bonds is 3. The highest BCUT2D eigenvalue weighted by Gasteiger charge is 2.30. The van der Waals surface area contributed by atoms with E-state index in [0.29, 0.717) is 16.3 Å². The summed E-state index contributed by atoms with van der Waals surface area (Å²) in [7, 11) is 0. The second-order valence-electron chi connectivity index (χ2n) is 4.58. The average Bonchev–Trinajstić information content (AvgIpc) is 2.49. The van der Waals surface area contributed by atoms with E-state index in [1.807, 2.05) is 12.1 Å². The van der Waals surface area contributed by atoms with E-state index < -0.39 is 6.36 Å². The van der Waals surface area contributed by atoms with Crippen molar-refractivity contribution in [3.05, 3.63) is 59.6 Å². The topological polar surface area (TPSA) is 31.4 Å². The quantitative estimate of drug-likeness (QED) is 0.624. The van der Waals surface area contributed by atoms with Gasteiger partial charge in [-0.25, -0.2) is 4.98 Å². The van der Waals surface area contributed by atoms with Crippen LogP contribution in [0.2, 0.25) is 5.02 Å². The van der Waals surface area contributed by atoms with Crippen LogP contribution in [0.5, 0.6) is 17.4 Å². The van der Waals surface area contributed by atoms with Gasteiger partial charge in [0.15, 0.2) is 0 Å². The zero-order valence-electron chi connectivity index (χ0n) is 11.5. The highest BCUT2D eigenvalue weighted by Crippen LogP contribution is 2.29. The van der Waals surface area contributed by atoms with Crippen LogP contribution in [-0.2, 0) is 0 Å². The van der Waals surface area contributed by atoms with Gasteiger partial charge in [0, 0.05) is 11.5 Å². The van der Waals surface area contributed by atoms with Crippen LogP contribution in [-0.4, -0.2) is 11.3 Å². The first kappa shape index (κ1) is 15.4. The molecule has 3 aromatic rings. The Kier molecular flexibility index (Phi) is 4.00. The Labute approximate surface area is 134 Å². The molecule has 1 aromatic heterocycles. The Morgan fingerprint density at radius 3 is 2.26 bits per heavy atom. The molecule has 0 N–H and O–H groups in total. The maximum absolute atomic E-state index is 12.1. The van der Waals surface area contributed by atoms with Crippen molar-refractivity contribution >= 4 is 22.5 Å². The van der Waals surface area contributed by atoms with Gasteiger partial charge in [-0.15, -0.1) is 13.2 Å². The Hall–Kier alpha value is -2.47. The molecule has 3 rings (SSSR count). The van der Waals surface area contributed by atoms with Crippen molar-refractivity contribution in [2.24, 2.45) is 0 Å². The van der Waals surface area contributed by atoms with E-state index >= 15 is 0 Å². The zero-order chi connectivity index (χ0) is 16.4. The summed E-state index contributed by atoms with van der Waals surface area (Å²) in [5.41, 5.74) is 0.587. The van der Waals surface area contributed by atoms with Gasteiger partial charge in [-0.2, -0.15) is 0 Å². The van der Waals surface area contributed by atoms with Crippen molar-refractivity contribution in [1.82, 2.24) is 4.98 Å². The molecule has 3 nitrogen and oxygen atoms in total. The van der Waals surface area contributed by atoms with Crippen molar-refractivity contribution in [3.63, 3.8) is 0 Å². The predicted molar refractivity (Wildman–Crippen MR) is 80.0 cm³/mol. The number of alkyl halides is 3. The fraction of sp³-hybridized carbons (Fsp3) is 0.0625. The van der Waals surface area contributed by atoms with Crippen LogP contribution >= 0.6 is 11.6 Å². The zero-order valence-corrected chi connectivity index (χ0v) is 12.2. The molecule has 23 heavy (non-hydrogen) atoms. The molecule has 0 aliphatic rings. The number of hydrogen-bond acceptors (Lipinski definition) is 3. The Morgan fingerprint density at radius 2 is 1.57 bits per heavy atom. The van der Waals surface area contributed by atoms with Gasteiger partial charge in [0.05, 0.1) is 10.5 Å². The lowest BCUT2D eigenvalue weighted by atomic mass is 10.2. The van der Waals surface area contributed by atoms with Crippen molar-refractivity contribution in [1.29, 1.82) is 0 Å². The fourth-order valence-electron chi connectivity index (χ4n) is 1.98. The maximum atomic E-state index is 12.1. The number of fused-ring (bicyclic) bond motifs is 1. The predicted octanol–water partition coefficient (Wildman–Crippen LogP) is 5.58. The number of nitrogens with zero attached hydrogens (tertiary/aromatic N) is 1. The van der Waals surface area contributed by atoms with Crippen molar-refractivity contribution in [2.75, 3.05) is 0 Å². The number of halogens is 4. The molecule has 0 saturated carbocycles. The Balaban J connectivity index is 1.80. The molecule has 0 saturated heterocycles. The van der Waals surface area contributed by atoms with E-state index in [1.165, 1.54) is 12.1 Å². The number of hydrogen-bond donors (Lipinski definition) is 0. The summed E-state index contributed by atoms with van der Waals surface area (Å²) >= 11 is 6.07. The summed E-state index contributed by atoms with van der Waals surface area (Å²) in [6.07, 6.45) is -4.72. The smallest absolute Gasteiger partial charge is 0.439 e. The van der Waals surface area contributed by atoms with Gasteiger partial charge in [0.2, 0.25) is 5.88 Å². The summed E-state index contributed by atoms with van der Waals surface area (Å²) in [6.45, 7) is 0. The SMILES string of the molecule is FC(F)(F)Oc1ccc(Oc2ccc3cccc(Cl)c3n2)cc1. The van der Waals surface area contributed by atoms with Crippen molar-refractivity contribution in [3.8, 4) is 17.4 Å². The molecule has 0 bridgehead atoms. The molecule has 0 atom stereocenters. The number of aromatic nitrogens is 1. The van der Waals surface area contributed by atoms with Crippen LogP contribution < -0.4 is 9.47 Å². The van der Waals surface area contributed by atoms with E-state index in [0.717, 1.165) is 17.5 Å². The second kappa shape index (κ2) is 5.96. The molecule has 0 aliphatic heterocycles. The Bertz CT molecular complexity index is 835. The van der Waals surface area contributed by atoms with Crippen molar-refractivity contribution in [2.45, 2.75) is 6.36 Å². The molecule has 7 heteroatoms. The van der Waals surface area contributed by atoms with Gasteiger partial charge < -0.3 is 9.47 Å². The van der Waals surface area contributed by atoms with Gasteiger partial charge in [-0.05, 0) is 36.4 Å². The van der Waals surface area contributed by atoms with Crippen molar-refractivity contribution < 1.29 is 22.6 Å². The molecule has 0 aliphatic carbocycles. The first-order valence-electron chi connectivity index (χ1n) is 6.50. The molecule has 0 fully saturated rings. The second-order valence-corrected chi connectivity index (χ2v) is 4.99. The molecule has 118 valence electrons. The van der Waals surface area contributed by atoms with Gasteiger partial charge in [0.1, 0.15) is 11.5 Å². The fourth-order valence-corrected chi connectivity index (χ4v) is 2.20. The molecule has 0 radical (unpaired) electrons. The lowest BCUT2D eigenvalue weighted by Gasteiger charge is -2.10. The standard InChI is InChI=1S/C16H9ClF3NO2/c17-13-3-1-2-10-4-9-14(21-15(10)13)22-11-5-7-12(8-6-11)23-16(18,19)20/h1-9H. The minimum Gasteiger partial charge on any atom is -0.439 e. The van der Waals surface area contributed by atoms with Crippen LogP contribution in [0.4, 0.5) is 13.2 Å². The van der Waals surface area contributed by atoms with E-state index in [9.17, 15) is 13.2 Å². The van der Waals surface area contributed by atoms with E-state index in [4.69, 9.17) is 16.3 Å². The third-order valence-electron chi connectivity index (χ3n) is 2.93. The summed E-state index contributed by atoms with van der Waals surface area (Å²) < 4.78 is 45.6. The van der Waals surface area contributed by atoms with E-state index in [1.54, 1.807) is 18.2 Å². The summed E-state index contributed by atoms with van der Waals surface area (Å²) in [4.78, 5) is 4.29. The van der Waals surface area contributed by atoms with Crippen LogP contribution in [0, 0.1) is 0 Å². The van der Waals surface area contributed by atoms with Crippen LogP contribution in [0.3, 0.4) is 0 Å². The van der Waals surface area contributed by atoms with Crippen LogP contribution in [0.15, 0.2) is 54.6 Å². The minimum atomic E-state index is -4.72. The summed E-state index contributed by atoms with van der Waals surface area (Å²) in [5.74, 6) is 0.299. The number of para-hydroxylation sites is 1. The monoisotopic (exact) mass is 339 g/mol. The molecule has 1 heterocycles. The number of benzene rings is 2. The number of ether oxygens (including phenoxy) is 2. The van der Waals surface area contributed by atoms with E-state index in [2.05, 4.69) is 9.72 Å². The van der Waals surface area contributed by atoms with Crippen LogP contribution in [0.1, 0.15) is 0 Å². The normalized spacial score (nSPS) is 11.5. The molecule has 0 amide bonds. The molecular formula is C16H9ClF3NO2. The van der Waals surface area contributed by atoms with Crippen LogP contribution in [0.25, 0.3) is 10.9 Å². The summed E-state index contributed by atoms with van der Waals surface area (Å²) in [6, 6.07) is 13.9. The average molecular weight is 340 g/mol. The van der Waals surface area contributed by atoms with Gasteiger partial charge in [-0.3, -0.25) is 0 Å². The highest BCUT2D eigenvalue weighted by atomic mass is 35.5. The lowest BCUT2D eigenvalue weighted by Crippen LogP contribution is -2.16. The summed E-state index contributed by atoms with van der Waals surface area (Å²) in [5, 5.41) is 1.35. The molecule has 0 spiro atoms. The molecule has 2 aromatic carbocycles. The largest absolute Gasteiger partial charge is 0.573 e. The van der Waals surface area contributed by atoms with Gasteiger partial charge in [0.25, 0.3) is 0 Å². The van der Waals surface area contributed by atoms with Gasteiger partial charge in [-0.1, -0.05) is 23.7 Å². The highest BCUT2D eigenvalue weighted by molar-refractivity contribution is 6.35. The van der Waals surface area contributed by atoms with Gasteiger partial charge >= 0.3 is 6.36 Å².